The SMILES string of the molecule is CCOC(=O)CC/C(=N/NC(=O)c1cccc(S(=O)(=O)N2CCCCC2)c1)c1cccs1. The fourth-order valence-corrected chi connectivity index (χ4v) is 5.67. The molecule has 0 saturated carbocycles. The number of esters is 1. The van der Waals surface area contributed by atoms with Gasteiger partial charge in [0.15, 0.2) is 0 Å². The van der Waals surface area contributed by atoms with Crippen LogP contribution in [0.3, 0.4) is 0 Å². The molecule has 0 bridgehead atoms. The van der Waals surface area contributed by atoms with E-state index in [0.29, 0.717) is 31.8 Å². The maximum Gasteiger partial charge on any atom is 0.306 e. The van der Waals surface area contributed by atoms with Crippen molar-refractivity contribution in [1.29, 1.82) is 0 Å². The Bertz CT molecular complexity index is 1060. The highest BCUT2D eigenvalue weighted by atomic mass is 32.2. The van der Waals surface area contributed by atoms with Gasteiger partial charge in [-0.15, -0.1) is 11.3 Å². The van der Waals surface area contributed by atoms with E-state index in [4.69, 9.17) is 4.74 Å². The summed E-state index contributed by atoms with van der Waals surface area (Å²) in [6, 6.07) is 9.68. The number of hydrazone groups is 1. The zero-order valence-corrected chi connectivity index (χ0v) is 19.6. The van der Waals surface area contributed by atoms with Gasteiger partial charge in [0.25, 0.3) is 5.91 Å². The number of rotatable bonds is 9. The molecule has 1 amide bonds. The van der Waals surface area contributed by atoms with Gasteiger partial charge in [-0.05, 0) is 49.4 Å². The molecule has 3 rings (SSSR count). The Balaban J connectivity index is 1.74. The third-order valence-electron chi connectivity index (χ3n) is 5.02. The third-order valence-corrected chi connectivity index (χ3v) is 7.83. The summed E-state index contributed by atoms with van der Waals surface area (Å²) in [4.78, 5) is 25.3. The van der Waals surface area contributed by atoms with Gasteiger partial charge in [-0.25, -0.2) is 13.8 Å². The van der Waals surface area contributed by atoms with Gasteiger partial charge in [0.05, 0.1) is 28.5 Å². The van der Waals surface area contributed by atoms with Gasteiger partial charge >= 0.3 is 5.97 Å². The first-order chi connectivity index (χ1) is 15.4. The first-order valence-electron chi connectivity index (χ1n) is 10.6. The maximum absolute atomic E-state index is 12.9. The molecule has 10 heteroatoms. The number of carbonyl (C=O) groups is 2. The summed E-state index contributed by atoms with van der Waals surface area (Å²) in [5, 5.41) is 6.10. The van der Waals surface area contributed by atoms with Crippen molar-refractivity contribution in [3.8, 4) is 0 Å². The van der Waals surface area contributed by atoms with E-state index in [9.17, 15) is 18.0 Å². The normalized spacial score (nSPS) is 15.3. The first-order valence-corrected chi connectivity index (χ1v) is 12.9. The lowest BCUT2D eigenvalue weighted by atomic mass is 10.2. The Morgan fingerprint density at radius 3 is 2.59 bits per heavy atom. The summed E-state index contributed by atoms with van der Waals surface area (Å²) >= 11 is 1.45. The van der Waals surface area contributed by atoms with E-state index in [1.54, 1.807) is 19.1 Å². The molecule has 32 heavy (non-hydrogen) atoms. The molecular weight excluding hydrogens is 450 g/mol. The third kappa shape index (κ3) is 6.24. The Kier molecular flexibility index (Phi) is 8.54. The van der Waals surface area contributed by atoms with Crippen molar-refractivity contribution in [3.05, 3.63) is 52.2 Å². The van der Waals surface area contributed by atoms with Gasteiger partial charge in [-0.1, -0.05) is 18.6 Å². The lowest BCUT2D eigenvalue weighted by Gasteiger charge is -2.25. The van der Waals surface area contributed by atoms with Gasteiger partial charge < -0.3 is 4.74 Å². The van der Waals surface area contributed by atoms with Crippen LogP contribution < -0.4 is 5.43 Å². The first kappa shape index (κ1) is 24.1. The molecule has 172 valence electrons. The van der Waals surface area contributed by atoms with Gasteiger partial charge in [-0.2, -0.15) is 9.41 Å². The second-order valence-electron chi connectivity index (χ2n) is 7.27. The topological polar surface area (TPSA) is 105 Å². The van der Waals surface area contributed by atoms with Gasteiger partial charge in [-0.3, -0.25) is 9.59 Å². The summed E-state index contributed by atoms with van der Waals surface area (Å²) < 4.78 is 32.2. The Hall–Kier alpha value is -2.56. The molecule has 1 fully saturated rings. The van der Waals surface area contributed by atoms with Crippen LogP contribution in [-0.4, -0.2) is 50.0 Å². The van der Waals surface area contributed by atoms with Crippen LogP contribution in [0.15, 0.2) is 51.8 Å². The van der Waals surface area contributed by atoms with Crippen molar-refractivity contribution in [2.45, 2.75) is 43.9 Å². The molecule has 0 aliphatic carbocycles. The molecule has 2 aromatic rings. The van der Waals surface area contributed by atoms with Crippen molar-refractivity contribution in [1.82, 2.24) is 9.73 Å². The summed E-state index contributed by atoms with van der Waals surface area (Å²) in [5.74, 6) is -0.857. The fraction of sp³-hybridized carbons (Fsp3) is 0.409. The number of amides is 1. The molecule has 1 aromatic heterocycles. The molecule has 8 nitrogen and oxygen atoms in total. The number of hydrogen-bond donors (Lipinski definition) is 1. The van der Waals surface area contributed by atoms with Crippen molar-refractivity contribution in [2.75, 3.05) is 19.7 Å². The van der Waals surface area contributed by atoms with Crippen LogP contribution in [-0.2, 0) is 19.6 Å². The number of benzene rings is 1. The van der Waals surface area contributed by atoms with Crippen LogP contribution in [0.5, 0.6) is 0 Å². The summed E-state index contributed by atoms with van der Waals surface area (Å²) in [5.41, 5.74) is 3.25. The number of piperidine rings is 1. The van der Waals surface area contributed by atoms with Gasteiger partial charge in [0, 0.05) is 25.1 Å². The Morgan fingerprint density at radius 2 is 1.91 bits per heavy atom. The van der Waals surface area contributed by atoms with E-state index in [1.165, 1.54) is 27.8 Å². The second-order valence-corrected chi connectivity index (χ2v) is 10.2. The van der Waals surface area contributed by atoms with E-state index in [-0.39, 0.29) is 22.8 Å². The number of hydrogen-bond acceptors (Lipinski definition) is 7. The van der Waals surface area contributed by atoms with Gasteiger partial charge in [0.2, 0.25) is 10.0 Å². The molecule has 0 radical (unpaired) electrons. The average molecular weight is 478 g/mol. The molecule has 0 atom stereocenters. The average Bonchev–Trinajstić information content (AvgIpc) is 3.34. The van der Waals surface area contributed by atoms with Crippen molar-refractivity contribution in [3.63, 3.8) is 0 Å². The lowest BCUT2D eigenvalue weighted by Crippen LogP contribution is -2.35. The predicted molar refractivity (Wildman–Crippen MR) is 123 cm³/mol. The highest BCUT2D eigenvalue weighted by Crippen LogP contribution is 2.21. The smallest absolute Gasteiger partial charge is 0.306 e. The molecule has 2 heterocycles. The zero-order valence-electron chi connectivity index (χ0n) is 18.0. The predicted octanol–water partition coefficient (Wildman–Crippen LogP) is 3.40. The van der Waals surface area contributed by atoms with Crippen LogP contribution in [0.25, 0.3) is 0 Å². The molecule has 1 saturated heterocycles. The van der Waals surface area contributed by atoms with Crippen LogP contribution in [0, 0.1) is 0 Å². The Labute approximate surface area is 192 Å². The second kappa shape index (κ2) is 11.3. The van der Waals surface area contributed by atoms with E-state index in [0.717, 1.165) is 24.1 Å². The highest BCUT2D eigenvalue weighted by molar-refractivity contribution is 7.89. The van der Waals surface area contributed by atoms with Crippen LogP contribution in [0.2, 0.25) is 0 Å². The van der Waals surface area contributed by atoms with Crippen LogP contribution >= 0.6 is 11.3 Å². The van der Waals surface area contributed by atoms with E-state index in [1.807, 2.05) is 17.5 Å². The molecular formula is C22H27N3O5S2. The van der Waals surface area contributed by atoms with Crippen molar-refractivity contribution >= 4 is 38.9 Å². The van der Waals surface area contributed by atoms with Crippen molar-refractivity contribution < 1.29 is 22.7 Å². The quantitative estimate of drug-likeness (QED) is 0.339. The van der Waals surface area contributed by atoms with Crippen molar-refractivity contribution in [2.24, 2.45) is 5.10 Å². The monoisotopic (exact) mass is 477 g/mol. The fourth-order valence-electron chi connectivity index (χ4n) is 3.37. The molecule has 1 aliphatic rings. The molecule has 0 unspecified atom stereocenters. The maximum atomic E-state index is 12.9. The van der Waals surface area contributed by atoms with E-state index < -0.39 is 15.9 Å². The summed E-state index contributed by atoms with van der Waals surface area (Å²) in [7, 11) is -3.64. The summed E-state index contributed by atoms with van der Waals surface area (Å²) in [6.07, 6.45) is 3.15. The van der Waals surface area contributed by atoms with E-state index in [2.05, 4.69) is 10.5 Å². The Morgan fingerprint density at radius 1 is 1.12 bits per heavy atom. The van der Waals surface area contributed by atoms with E-state index >= 15 is 0 Å². The minimum Gasteiger partial charge on any atom is -0.466 e. The number of sulfonamides is 1. The molecule has 1 aromatic carbocycles. The molecule has 1 aliphatic heterocycles. The highest BCUT2D eigenvalue weighted by Gasteiger charge is 2.26. The zero-order chi connectivity index (χ0) is 23.0. The summed E-state index contributed by atoms with van der Waals surface area (Å²) in [6.45, 7) is 3.03. The van der Waals surface area contributed by atoms with Crippen LogP contribution in [0.1, 0.15) is 54.3 Å². The molecule has 1 N–H and O–H groups in total. The standard InChI is InChI=1S/C22H27N3O5S2/c1-2-30-21(26)12-11-19(20-10-7-15-31-20)23-24-22(27)17-8-6-9-18(16-17)32(28,29)25-13-4-3-5-14-25/h6-10,15-16H,2-5,11-14H2,1H3,(H,24,27)/b23-19-. The minimum absolute atomic E-state index is 0.0943. The van der Waals surface area contributed by atoms with Crippen LogP contribution in [0.4, 0.5) is 0 Å². The lowest BCUT2D eigenvalue weighted by molar-refractivity contribution is -0.142. The number of nitrogens with one attached hydrogen (secondary N) is 1. The number of nitrogens with zero attached hydrogens (tertiary/aromatic N) is 2. The van der Waals surface area contributed by atoms with Gasteiger partial charge in [0.1, 0.15) is 0 Å². The number of thiophene rings is 1. The minimum atomic E-state index is -3.64. The largest absolute Gasteiger partial charge is 0.466 e. The molecule has 0 spiro atoms. The number of ether oxygens (including phenoxy) is 1. The number of carbonyl (C=O) groups excluding carboxylic acids is 2.